The number of ether oxygens (including phenoxy) is 1. The number of hydrogen-bond donors (Lipinski definition) is 1. The first kappa shape index (κ1) is 15.8. The highest BCUT2D eigenvalue weighted by atomic mass is 79.9. The van der Waals surface area contributed by atoms with Crippen LogP contribution in [-0.2, 0) is 6.54 Å². The van der Waals surface area contributed by atoms with Crippen LogP contribution in [0.3, 0.4) is 0 Å². The van der Waals surface area contributed by atoms with Gasteiger partial charge in [-0.3, -0.25) is 0 Å². The van der Waals surface area contributed by atoms with Crippen LogP contribution in [0.2, 0.25) is 0 Å². The van der Waals surface area contributed by atoms with Crippen LogP contribution in [-0.4, -0.2) is 38.2 Å². The molecule has 0 saturated carbocycles. The van der Waals surface area contributed by atoms with E-state index in [-0.39, 0.29) is 0 Å². The summed E-state index contributed by atoms with van der Waals surface area (Å²) in [5, 5.41) is 3.59. The van der Waals surface area contributed by atoms with Crippen molar-refractivity contribution in [1.29, 1.82) is 0 Å². The molecule has 0 radical (unpaired) electrons. The van der Waals surface area contributed by atoms with E-state index in [1.165, 1.54) is 38.0 Å². The van der Waals surface area contributed by atoms with Crippen LogP contribution in [0.1, 0.15) is 25.3 Å². The molecule has 20 heavy (non-hydrogen) atoms. The maximum atomic E-state index is 5.28. The normalized spacial score (nSPS) is 17.4. The van der Waals surface area contributed by atoms with Gasteiger partial charge >= 0.3 is 0 Å². The average molecular weight is 341 g/mol. The number of hydrogen-bond acceptors (Lipinski definition) is 3. The van der Waals surface area contributed by atoms with E-state index in [2.05, 4.69) is 45.2 Å². The summed E-state index contributed by atoms with van der Waals surface area (Å²) in [6, 6.07) is 6.13. The van der Waals surface area contributed by atoms with Crippen LogP contribution >= 0.6 is 15.9 Å². The summed E-state index contributed by atoms with van der Waals surface area (Å²) in [6.45, 7) is 7.96. The van der Waals surface area contributed by atoms with Gasteiger partial charge in [0.05, 0.1) is 7.11 Å². The molecule has 1 aromatic carbocycles. The molecule has 0 atom stereocenters. The lowest BCUT2D eigenvalue weighted by atomic mass is 9.97. The van der Waals surface area contributed by atoms with Gasteiger partial charge in [-0.1, -0.05) is 22.9 Å². The highest BCUT2D eigenvalue weighted by Crippen LogP contribution is 2.22. The number of rotatable bonds is 6. The van der Waals surface area contributed by atoms with Crippen molar-refractivity contribution in [3.63, 3.8) is 0 Å². The number of methoxy groups -OCH3 is 1. The zero-order chi connectivity index (χ0) is 14.4. The van der Waals surface area contributed by atoms with Crippen LogP contribution < -0.4 is 10.1 Å². The minimum Gasteiger partial charge on any atom is -0.497 e. The Labute approximate surface area is 130 Å². The fourth-order valence-corrected chi connectivity index (χ4v) is 3.12. The number of benzene rings is 1. The maximum Gasteiger partial charge on any atom is 0.119 e. The van der Waals surface area contributed by atoms with Crippen molar-refractivity contribution in [2.24, 2.45) is 5.92 Å². The smallest absolute Gasteiger partial charge is 0.119 e. The average Bonchev–Trinajstić information content (AvgIpc) is 2.50. The molecule has 1 aliphatic rings. The third kappa shape index (κ3) is 4.47. The second kappa shape index (κ2) is 8.01. The van der Waals surface area contributed by atoms with Crippen molar-refractivity contribution in [1.82, 2.24) is 10.2 Å². The molecule has 0 aliphatic carbocycles. The number of halogens is 1. The Morgan fingerprint density at radius 3 is 2.75 bits per heavy atom. The van der Waals surface area contributed by atoms with Crippen LogP contribution in [0, 0.1) is 5.92 Å². The predicted molar refractivity (Wildman–Crippen MR) is 87.2 cm³/mol. The number of piperidine rings is 1. The fraction of sp³-hybridized carbons (Fsp3) is 0.625. The van der Waals surface area contributed by atoms with E-state index < -0.39 is 0 Å². The quantitative estimate of drug-likeness (QED) is 0.859. The van der Waals surface area contributed by atoms with Crippen LogP contribution in [0.15, 0.2) is 22.7 Å². The monoisotopic (exact) mass is 340 g/mol. The molecule has 0 unspecified atom stereocenters. The minimum atomic E-state index is 0.821. The van der Waals surface area contributed by atoms with E-state index >= 15 is 0 Å². The van der Waals surface area contributed by atoms with Gasteiger partial charge in [0.15, 0.2) is 0 Å². The number of nitrogens with zero attached hydrogens (tertiary/aromatic N) is 1. The zero-order valence-corrected chi connectivity index (χ0v) is 14.1. The molecule has 0 amide bonds. The Morgan fingerprint density at radius 2 is 2.10 bits per heavy atom. The molecule has 0 spiro atoms. The Bertz CT molecular complexity index is 417. The molecule has 1 N–H and O–H groups in total. The molecular weight excluding hydrogens is 316 g/mol. The molecule has 0 aromatic heterocycles. The molecule has 1 fully saturated rings. The van der Waals surface area contributed by atoms with Crippen molar-refractivity contribution >= 4 is 15.9 Å². The summed E-state index contributed by atoms with van der Waals surface area (Å²) < 4.78 is 6.42. The number of likely N-dealkylation sites (tertiary alicyclic amines) is 1. The zero-order valence-electron chi connectivity index (χ0n) is 12.5. The molecule has 1 heterocycles. The lowest BCUT2D eigenvalue weighted by molar-refractivity contribution is 0.190. The molecule has 112 valence electrons. The molecule has 1 aromatic rings. The standard InChI is InChI=1S/C16H25BrN2O/c1-3-19-8-6-13(7-9-19)11-18-12-14-10-15(20-2)4-5-16(14)17/h4-5,10,13,18H,3,6-9,11-12H2,1-2H3. The maximum absolute atomic E-state index is 5.28. The highest BCUT2D eigenvalue weighted by molar-refractivity contribution is 9.10. The van der Waals surface area contributed by atoms with Gasteiger partial charge in [-0.2, -0.15) is 0 Å². The summed E-state index contributed by atoms with van der Waals surface area (Å²) in [4.78, 5) is 2.54. The second-order valence-electron chi connectivity index (χ2n) is 5.47. The van der Waals surface area contributed by atoms with E-state index in [1.54, 1.807) is 7.11 Å². The van der Waals surface area contributed by atoms with Crippen molar-refractivity contribution in [2.75, 3.05) is 33.3 Å². The van der Waals surface area contributed by atoms with E-state index in [4.69, 9.17) is 4.74 Å². The lowest BCUT2D eigenvalue weighted by Gasteiger charge is -2.31. The van der Waals surface area contributed by atoms with Crippen LogP contribution in [0.4, 0.5) is 0 Å². The van der Waals surface area contributed by atoms with E-state index in [0.29, 0.717) is 0 Å². The summed E-state index contributed by atoms with van der Waals surface area (Å²) >= 11 is 3.60. The van der Waals surface area contributed by atoms with Gasteiger partial charge in [0, 0.05) is 11.0 Å². The Morgan fingerprint density at radius 1 is 1.35 bits per heavy atom. The van der Waals surface area contributed by atoms with Crippen molar-refractivity contribution in [3.05, 3.63) is 28.2 Å². The summed E-state index contributed by atoms with van der Waals surface area (Å²) in [5.74, 6) is 1.74. The molecule has 4 heteroatoms. The first-order valence-electron chi connectivity index (χ1n) is 7.48. The lowest BCUT2D eigenvalue weighted by Crippen LogP contribution is -2.36. The van der Waals surface area contributed by atoms with Crippen molar-refractivity contribution in [3.8, 4) is 5.75 Å². The van der Waals surface area contributed by atoms with Gasteiger partial charge in [0.25, 0.3) is 0 Å². The minimum absolute atomic E-state index is 0.821. The third-order valence-electron chi connectivity index (χ3n) is 4.16. The van der Waals surface area contributed by atoms with Crippen molar-refractivity contribution < 1.29 is 4.74 Å². The first-order chi connectivity index (χ1) is 9.72. The summed E-state index contributed by atoms with van der Waals surface area (Å²) in [6.07, 6.45) is 2.64. The first-order valence-corrected chi connectivity index (χ1v) is 8.27. The van der Waals surface area contributed by atoms with Crippen LogP contribution in [0.5, 0.6) is 5.75 Å². The summed E-state index contributed by atoms with van der Waals surface area (Å²) in [7, 11) is 1.71. The van der Waals surface area contributed by atoms with Gasteiger partial charge in [-0.05, 0) is 68.7 Å². The molecule has 2 rings (SSSR count). The number of nitrogens with one attached hydrogen (secondary N) is 1. The van der Waals surface area contributed by atoms with E-state index in [1.807, 2.05) is 6.07 Å². The van der Waals surface area contributed by atoms with E-state index in [9.17, 15) is 0 Å². The third-order valence-corrected chi connectivity index (χ3v) is 4.93. The van der Waals surface area contributed by atoms with Gasteiger partial charge in [-0.25, -0.2) is 0 Å². The molecular formula is C16H25BrN2O. The van der Waals surface area contributed by atoms with Gasteiger partial charge in [0.1, 0.15) is 5.75 Å². The van der Waals surface area contributed by atoms with Crippen LogP contribution in [0.25, 0.3) is 0 Å². The highest BCUT2D eigenvalue weighted by Gasteiger charge is 2.17. The summed E-state index contributed by atoms with van der Waals surface area (Å²) in [5.41, 5.74) is 1.26. The van der Waals surface area contributed by atoms with Gasteiger partial charge < -0.3 is 15.0 Å². The van der Waals surface area contributed by atoms with E-state index in [0.717, 1.165) is 29.2 Å². The largest absolute Gasteiger partial charge is 0.497 e. The van der Waals surface area contributed by atoms with Gasteiger partial charge in [-0.15, -0.1) is 0 Å². The topological polar surface area (TPSA) is 24.5 Å². The Balaban J connectivity index is 1.76. The molecule has 1 aliphatic heterocycles. The Kier molecular flexibility index (Phi) is 6.33. The SMILES string of the molecule is CCN1CCC(CNCc2cc(OC)ccc2Br)CC1. The fourth-order valence-electron chi connectivity index (χ4n) is 2.73. The van der Waals surface area contributed by atoms with Crippen molar-refractivity contribution in [2.45, 2.75) is 26.3 Å². The Hall–Kier alpha value is -0.580. The second-order valence-corrected chi connectivity index (χ2v) is 6.32. The van der Waals surface area contributed by atoms with Gasteiger partial charge in [0.2, 0.25) is 0 Å². The molecule has 0 bridgehead atoms. The molecule has 3 nitrogen and oxygen atoms in total. The molecule has 1 saturated heterocycles. The predicted octanol–water partition coefficient (Wildman–Crippen LogP) is 3.28.